The van der Waals surface area contributed by atoms with E-state index in [1.165, 1.54) is 97.3 Å². The minimum Gasteiger partial charge on any atom is -0.376 e. The second-order valence-corrected chi connectivity index (χ2v) is 26.4. The fourth-order valence-corrected chi connectivity index (χ4v) is 16.1. The van der Waals surface area contributed by atoms with Crippen LogP contribution in [0.25, 0.3) is 22.3 Å². The lowest BCUT2D eigenvalue weighted by Gasteiger charge is -2.38. The maximum absolute atomic E-state index is 12.8. The van der Waals surface area contributed by atoms with Crippen molar-refractivity contribution in [3.8, 4) is 28.0 Å². The van der Waals surface area contributed by atoms with Crippen molar-refractivity contribution in [3.05, 3.63) is 327 Å². The number of nitrogens with zero attached hydrogens (tertiary/aromatic N) is 2. The number of benzene rings is 10. The summed E-state index contributed by atoms with van der Waals surface area (Å²) in [6.45, 7) is 7.89. The molecule has 6 aliphatic rings. The van der Waals surface area contributed by atoms with E-state index in [1.54, 1.807) is 17.2 Å². The molecular weight excluding hydrogens is 1120 g/mol. The maximum Gasteiger partial charge on any atom is 0.534 e. The smallest absolute Gasteiger partial charge is 0.376 e. The molecule has 0 radical (unpaired) electrons. The maximum atomic E-state index is 12.8. The van der Waals surface area contributed by atoms with Crippen LogP contribution in [0.1, 0.15) is 97.2 Å². The van der Waals surface area contributed by atoms with Gasteiger partial charge in [0.1, 0.15) is 5.75 Å². The number of halogens is 3. The van der Waals surface area contributed by atoms with Gasteiger partial charge in [-0.25, -0.2) is 0 Å². The van der Waals surface area contributed by atoms with E-state index in [9.17, 15) is 21.6 Å². The SMILES string of the molecule is O=S(=O)(Oc1ccc2c(c1)Cc1ccccc1C21CCN(Cc2ccccc2)C1)C(F)(F)F.c1ccc(-c2ccc3c(c2)Cc2ccccc2C32CCNC2)cc1.c1ccc(CN2CCC3(C2)c2ccccc2Cc2cc(-c4ccccc4)ccc23)cc1. The van der Waals surface area contributed by atoms with E-state index in [0.717, 1.165) is 88.3 Å². The topological polar surface area (TPSA) is 61.9 Å². The van der Waals surface area contributed by atoms with Gasteiger partial charge in [-0.2, -0.15) is 21.6 Å². The largest absolute Gasteiger partial charge is 0.534 e. The Hall–Kier alpha value is -8.38. The second kappa shape index (κ2) is 23.6. The number of hydrogen-bond donors (Lipinski definition) is 1. The van der Waals surface area contributed by atoms with Crippen LogP contribution < -0.4 is 9.50 Å². The van der Waals surface area contributed by atoms with Crippen LogP contribution in [0, 0.1) is 0 Å². The molecule has 3 heterocycles. The summed E-state index contributed by atoms with van der Waals surface area (Å²) in [6, 6.07) is 87.7. The molecule has 0 amide bonds. The van der Waals surface area contributed by atoms with E-state index in [4.69, 9.17) is 0 Å². The van der Waals surface area contributed by atoms with Crippen LogP contribution in [0.4, 0.5) is 13.2 Å². The summed E-state index contributed by atoms with van der Waals surface area (Å²) in [4.78, 5) is 5.03. The van der Waals surface area contributed by atoms with Crippen molar-refractivity contribution < 1.29 is 25.8 Å². The first-order valence-electron chi connectivity index (χ1n) is 30.9. The highest BCUT2D eigenvalue weighted by Gasteiger charge is 2.50. The normalized spacial score (nSPS) is 20.5. The van der Waals surface area contributed by atoms with Gasteiger partial charge in [0.15, 0.2) is 0 Å². The predicted molar refractivity (Wildman–Crippen MR) is 346 cm³/mol. The van der Waals surface area contributed by atoms with Crippen molar-refractivity contribution in [2.45, 2.75) is 73.4 Å². The van der Waals surface area contributed by atoms with Crippen LogP contribution in [-0.2, 0) is 58.7 Å². The lowest BCUT2D eigenvalue weighted by Crippen LogP contribution is -2.36. The van der Waals surface area contributed by atoms with Crippen molar-refractivity contribution in [3.63, 3.8) is 0 Å². The molecule has 16 rings (SSSR count). The van der Waals surface area contributed by atoms with Gasteiger partial charge < -0.3 is 9.50 Å². The molecule has 3 saturated heterocycles. The number of rotatable bonds is 8. The van der Waals surface area contributed by atoms with Crippen LogP contribution in [0.2, 0.25) is 0 Å². The van der Waals surface area contributed by atoms with Gasteiger partial charge in [-0.15, -0.1) is 0 Å². The quantitative estimate of drug-likeness (QED) is 0.121. The second-order valence-electron chi connectivity index (χ2n) is 24.8. The van der Waals surface area contributed by atoms with E-state index < -0.39 is 15.6 Å². The van der Waals surface area contributed by atoms with Crippen LogP contribution in [0.5, 0.6) is 5.75 Å². The average Bonchev–Trinajstić information content (AvgIpc) is 1.43. The first kappa shape index (κ1) is 57.4. The number of nitrogens with one attached hydrogen (secondary N) is 1. The fraction of sp³-hybridized carbons (Fsp3) is 0.231. The van der Waals surface area contributed by atoms with E-state index in [-0.39, 0.29) is 22.0 Å². The lowest BCUT2D eigenvalue weighted by atomic mass is 9.65. The van der Waals surface area contributed by atoms with Crippen molar-refractivity contribution in [2.24, 2.45) is 0 Å². The third-order valence-electron chi connectivity index (χ3n) is 19.6. The molecule has 3 fully saturated rings. The molecule has 6 nitrogen and oxygen atoms in total. The monoisotopic (exact) mass is 1190 g/mol. The van der Waals surface area contributed by atoms with E-state index in [0.29, 0.717) is 6.42 Å². The molecule has 3 unspecified atom stereocenters. The first-order chi connectivity index (χ1) is 42.9. The summed E-state index contributed by atoms with van der Waals surface area (Å²) >= 11 is 0. The Balaban J connectivity index is 0.000000117. The van der Waals surface area contributed by atoms with E-state index in [2.05, 4.69) is 213 Å². The zero-order valence-electron chi connectivity index (χ0n) is 49.2. The highest BCUT2D eigenvalue weighted by molar-refractivity contribution is 7.88. The molecule has 0 saturated carbocycles. The summed E-state index contributed by atoms with van der Waals surface area (Å²) < 4.78 is 65.8. The third-order valence-corrected chi connectivity index (χ3v) is 20.6. The minimum absolute atomic E-state index is 0.105. The van der Waals surface area contributed by atoms with Gasteiger partial charge in [0.2, 0.25) is 0 Å². The van der Waals surface area contributed by atoms with Crippen LogP contribution in [0.15, 0.2) is 249 Å². The fourth-order valence-electron chi connectivity index (χ4n) is 15.7. The lowest BCUT2D eigenvalue weighted by molar-refractivity contribution is -0.0500. The Kier molecular flexibility index (Phi) is 15.4. The Morgan fingerprint density at radius 2 is 0.773 bits per heavy atom. The third kappa shape index (κ3) is 10.9. The molecule has 3 aliphatic heterocycles. The van der Waals surface area contributed by atoms with E-state index >= 15 is 0 Å². The predicted octanol–water partition coefficient (Wildman–Crippen LogP) is 16.0. The van der Waals surface area contributed by atoms with Gasteiger partial charge in [0, 0.05) is 49.0 Å². The van der Waals surface area contributed by atoms with Crippen molar-refractivity contribution in [2.75, 3.05) is 39.3 Å². The molecule has 10 heteroatoms. The molecule has 0 aromatic heterocycles. The number of likely N-dealkylation sites (tertiary alicyclic amines) is 2. The molecule has 3 spiro atoms. The van der Waals surface area contributed by atoms with Crippen LogP contribution in [-0.4, -0.2) is 63.0 Å². The van der Waals surface area contributed by atoms with Crippen LogP contribution in [0.3, 0.4) is 0 Å². The molecule has 1 N–H and O–H groups in total. The van der Waals surface area contributed by atoms with Crippen molar-refractivity contribution in [1.82, 2.24) is 15.1 Å². The van der Waals surface area contributed by atoms with Gasteiger partial charge in [-0.05, 0) is 170 Å². The zero-order valence-corrected chi connectivity index (χ0v) is 50.0. The summed E-state index contributed by atoms with van der Waals surface area (Å²) in [5.74, 6) is -0.320. The number of fused-ring (bicyclic) bond motifs is 12. The van der Waals surface area contributed by atoms with Gasteiger partial charge in [-0.1, -0.05) is 237 Å². The minimum atomic E-state index is -5.72. The molecular formula is C78H70F3N3O3S. The van der Waals surface area contributed by atoms with Gasteiger partial charge in [0.25, 0.3) is 0 Å². The zero-order chi connectivity index (χ0) is 59.9. The Morgan fingerprint density at radius 3 is 1.20 bits per heavy atom. The van der Waals surface area contributed by atoms with Gasteiger partial charge >= 0.3 is 15.6 Å². The molecule has 10 aromatic rings. The summed E-state index contributed by atoms with van der Waals surface area (Å²) in [5.41, 5.74) is 18.7. The molecule has 3 atom stereocenters. The Morgan fingerprint density at radius 1 is 0.398 bits per heavy atom. The Labute approximate surface area is 515 Å². The molecule has 0 bridgehead atoms. The van der Waals surface area contributed by atoms with Gasteiger partial charge in [-0.3, -0.25) is 9.80 Å². The van der Waals surface area contributed by atoms with Crippen LogP contribution >= 0.6 is 0 Å². The summed E-state index contributed by atoms with van der Waals surface area (Å²) in [5, 5.41) is 3.61. The summed E-state index contributed by atoms with van der Waals surface area (Å²) in [6.07, 6.45) is 5.84. The number of hydrogen-bond acceptors (Lipinski definition) is 6. The molecule has 88 heavy (non-hydrogen) atoms. The van der Waals surface area contributed by atoms with Gasteiger partial charge in [0.05, 0.1) is 0 Å². The molecule has 3 aliphatic carbocycles. The van der Waals surface area contributed by atoms with Crippen molar-refractivity contribution in [1.29, 1.82) is 0 Å². The Bertz CT molecular complexity index is 4270. The number of alkyl halides is 3. The molecule has 10 aromatic carbocycles. The molecule has 442 valence electrons. The van der Waals surface area contributed by atoms with Crippen molar-refractivity contribution >= 4 is 10.1 Å². The summed E-state index contributed by atoms with van der Waals surface area (Å²) in [7, 11) is -5.72. The highest BCUT2D eigenvalue weighted by atomic mass is 32.2. The van der Waals surface area contributed by atoms with E-state index in [1.807, 2.05) is 36.4 Å². The average molecular weight is 1190 g/mol. The first-order valence-corrected chi connectivity index (χ1v) is 32.3. The highest BCUT2D eigenvalue weighted by Crippen LogP contribution is 2.51. The standard InChI is InChI=1S/C30H27N.C25H22F3NO3S.C23H21N/c1-3-9-23(10-4-1)21-31-18-17-30(22-31)28-14-8-7-13-26(28)20-27-19-25(15-16-29(27)30)24-11-5-2-6-12-24;26-25(27,28)33(30,31)32-21-10-11-23-20(15-21)14-19-8-4-5-9-22(19)24(23)12-13-29(17-24)16-18-6-2-1-3-7-18;1-2-6-17(7-3-1)18-10-11-22-20(14-18)15-19-8-4-5-9-21(19)23(22)12-13-24-16-23/h1-16,19H,17-18,20-22H2;1-11,15H,12-14,16-17H2;1-11,14,24H,12-13,15-16H2.